The van der Waals surface area contributed by atoms with Crippen molar-refractivity contribution in [1.82, 2.24) is 10.3 Å². The van der Waals surface area contributed by atoms with Crippen LogP contribution < -0.4 is 15.4 Å². The molecule has 0 aliphatic rings. The quantitative estimate of drug-likeness (QED) is 0.636. The van der Waals surface area contributed by atoms with E-state index in [4.69, 9.17) is 4.74 Å². The van der Waals surface area contributed by atoms with Gasteiger partial charge in [-0.3, -0.25) is 9.59 Å². The van der Waals surface area contributed by atoms with E-state index in [9.17, 15) is 9.59 Å². The molecular formula is C21H23N3O3S. The minimum atomic E-state index is -0.680. The fourth-order valence-corrected chi connectivity index (χ4v) is 3.65. The van der Waals surface area contributed by atoms with Crippen LogP contribution in [-0.4, -0.2) is 29.4 Å². The number of thiazole rings is 1. The van der Waals surface area contributed by atoms with Gasteiger partial charge in [-0.15, -0.1) is 0 Å². The van der Waals surface area contributed by atoms with Gasteiger partial charge in [0.2, 0.25) is 5.91 Å². The molecule has 28 heavy (non-hydrogen) atoms. The molecule has 3 rings (SSSR count). The van der Waals surface area contributed by atoms with Crippen LogP contribution in [-0.2, 0) is 9.59 Å². The normalized spacial score (nSPS) is 12.0. The third-order valence-corrected chi connectivity index (χ3v) is 5.09. The summed E-state index contributed by atoms with van der Waals surface area (Å²) in [6.45, 7) is 5.62. The zero-order valence-corrected chi connectivity index (χ0v) is 16.9. The van der Waals surface area contributed by atoms with Crippen LogP contribution in [0.5, 0.6) is 5.75 Å². The summed E-state index contributed by atoms with van der Waals surface area (Å²) in [6.07, 6.45) is 0. The second-order valence-electron chi connectivity index (χ2n) is 6.87. The maximum absolute atomic E-state index is 12.7. The van der Waals surface area contributed by atoms with Crippen LogP contribution in [0, 0.1) is 12.8 Å². The maximum atomic E-state index is 12.7. The van der Waals surface area contributed by atoms with E-state index in [1.165, 1.54) is 11.3 Å². The van der Waals surface area contributed by atoms with E-state index in [2.05, 4.69) is 15.6 Å². The zero-order valence-electron chi connectivity index (χ0n) is 16.1. The summed E-state index contributed by atoms with van der Waals surface area (Å²) in [6, 6.07) is 14.3. The van der Waals surface area contributed by atoms with Crippen molar-refractivity contribution in [3.05, 3.63) is 54.1 Å². The summed E-state index contributed by atoms with van der Waals surface area (Å²) < 4.78 is 6.45. The standard InChI is InChI=1S/C21H23N3O3S/c1-13(2)19(23-18(25)12-27-15-7-5-4-6-8-15)20(26)24-21-22-16-10-9-14(3)11-17(16)28-21/h4-11,13,19H,12H2,1-3H3,(H,23,25)(H,22,24,26). The molecule has 1 unspecified atom stereocenters. The molecule has 2 aromatic carbocycles. The summed E-state index contributed by atoms with van der Waals surface area (Å²) in [7, 11) is 0. The van der Waals surface area contributed by atoms with Gasteiger partial charge in [0, 0.05) is 0 Å². The molecule has 0 saturated carbocycles. The highest BCUT2D eigenvalue weighted by Gasteiger charge is 2.25. The van der Waals surface area contributed by atoms with Gasteiger partial charge in [0.05, 0.1) is 10.2 Å². The lowest BCUT2D eigenvalue weighted by molar-refractivity contribution is -0.128. The number of benzene rings is 2. The predicted octanol–water partition coefficient (Wildman–Crippen LogP) is 3.76. The lowest BCUT2D eigenvalue weighted by Gasteiger charge is -2.21. The number of hydrogen-bond acceptors (Lipinski definition) is 5. The molecule has 0 saturated heterocycles. The molecule has 0 spiro atoms. The Morgan fingerprint density at radius 2 is 1.89 bits per heavy atom. The predicted molar refractivity (Wildman–Crippen MR) is 112 cm³/mol. The molecule has 0 fully saturated rings. The van der Waals surface area contributed by atoms with Crippen molar-refractivity contribution >= 4 is 38.5 Å². The van der Waals surface area contributed by atoms with Crippen molar-refractivity contribution in [3.63, 3.8) is 0 Å². The van der Waals surface area contributed by atoms with Gasteiger partial charge in [0.15, 0.2) is 11.7 Å². The number of amides is 2. The van der Waals surface area contributed by atoms with Gasteiger partial charge < -0.3 is 15.4 Å². The zero-order chi connectivity index (χ0) is 20.1. The number of carbonyl (C=O) groups excluding carboxylic acids is 2. The Labute approximate surface area is 167 Å². The number of para-hydroxylation sites is 1. The number of nitrogens with zero attached hydrogens (tertiary/aromatic N) is 1. The average Bonchev–Trinajstić information content (AvgIpc) is 3.06. The Balaban J connectivity index is 1.61. The van der Waals surface area contributed by atoms with Crippen LogP contribution in [0.25, 0.3) is 10.2 Å². The van der Waals surface area contributed by atoms with Crippen LogP contribution in [0.2, 0.25) is 0 Å². The second-order valence-corrected chi connectivity index (χ2v) is 7.90. The number of hydrogen-bond donors (Lipinski definition) is 2. The molecule has 3 aromatic rings. The molecular weight excluding hydrogens is 374 g/mol. The highest BCUT2D eigenvalue weighted by atomic mass is 32.1. The van der Waals surface area contributed by atoms with Gasteiger partial charge in [-0.05, 0) is 42.7 Å². The van der Waals surface area contributed by atoms with E-state index in [0.29, 0.717) is 10.9 Å². The van der Waals surface area contributed by atoms with Crippen molar-refractivity contribution in [1.29, 1.82) is 0 Å². The molecule has 1 atom stereocenters. The molecule has 0 bridgehead atoms. The minimum absolute atomic E-state index is 0.0858. The molecule has 0 aliphatic heterocycles. The lowest BCUT2D eigenvalue weighted by Crippen LogP contribution is -2.48. The first-order valence-corrected chi connectivity index (χ1v) is 9.89. The van der Waals surface area contributed by atoms with Gasteiger partial charge in [-0.25, -0.2) is 4.98 Å². The molecule has 7 heteroatoms. The molecule has 1 aromatic heterocycles. The molecule has 146 valence electrons. The number of aromatic nitrogens is 1. The highest BCUT2D eigenvalue weighted by Crippen LogP contribution is 2.27. The molecule has 2 amide bonds. The number of nitrogens with one attached hydrogen (secondary N) is 2. The second kappa shape index (κ2) is 8.84. The van der Waals surface area contributed by atoms with Gasteiger partial charge >= 0.3 is 0 Å². The van der Waals surface area contributed by atoms with Gasteiger partial charge in [0.1, 0.15) is 11.8 Å². The van der Waals surface area contributed by atoms with E-state index in [-0.39, 0.29) is 24.3 Å². The Morgan fingerprint density at radius 3 is 2.61 bits per heavy atom. The van der Waals surface area contributed by atoms with Crippen molar-refractivity contribution in [3.8, 4) is 5.75 Å². The first kappa shape index (κ1) is 19.8. The molecule has 0 aliphatic carbocycles. The van der Waals surface area contributed by atoms with Crippen LogP contribution in [0.3, 0.4) is 0 Å². The molecule has 2 N–H and O–H groups in total. The van der Waals surface area contributed by atoms with Gasteiger partial charge in [-0.2, -0.15) is 0 Å². The third-order valence-electron chi connectivity index (χ3n) is 4.15. The average molecular weight is 398 g/mol. The number of carbonyl (C=O) groups is 2. The van der Waals surface area contributed by atoms with Crippen molar-refractivity contribution in [2.45, 2.75) is 26.8 Å². The third kappa shape index (κ3) is 5.07. The van der Waals surface area contributed by atoms with E-state index in [0.717, 1.165) is 15.8 Å². The maximum Gasteiger partial charge on any atom is 0.258 e. The van der Waals surface area contributed by atoms with E-state index in [1.54, 1.807) is 12.1 Å². The molecule has 6 nitrogen and oxygen atoms in total. The Kier molecular flexibility index (Phi) is 6.26. The number of aryl methyl sites for hydroxylation is 1. The molecule has 1 heterocycles. The topological polar surface area (TPSA) is 80.3 Å². The van der Waals surface area contributed by atoms with Crippen molar-refractivity contribution in [2.24, 2.45) is 5.92 Å². The Hall–Kier alpha value is -2.93. The Bertz CT molecular complexity index is 969. The summed E-state index contributed by atoms with van der Waals surface area (Å²) in [4.78, 5) is 29.4. The summed E-state index contributed by atoms with van der Waals surface area (Å²) in [5.41, 5.74) is 1.98. The largest absolute Gasteiger partial charge is 0.484 e. The minimum Gasteiger partial charge on any atom is -0.484 e. The SMILES string of the molecule is Cc1ccc2nc(NC(=O)C(NC(=O)COc3ccccc3)C(C)C)sc2c1. The molecule has 0 radical (unpaired) electrons. The van der Waals surface area contributed by atoms with Crippen LogP contribution >= 0.6 is 11.3 Å². The monoisotopic (exact) mass is 397 g/mol. The first-order valence-electron chi connectivity index (χ1n) is 9.07. The van der Waals surface area contributed by atoms with Crippen LogP contribution in [0.1, 0.15) is 19.4 Å². The van der Waals surface area contributed by atoms with Crippen LogP contribution in [0.15, 0.2) is 48.5 Å². The summed E-state index contributed by atoms with van der Waals surface area (Å²) in [5, 5.41) is 6.09. The Morgan fingerprint density at radius 1 is 1.14 bits per heavy atom. The highest BCUT2D eigenvalue weighted by molar-refractivity contribution is 7.22. The number of ether oxygens (including phenoxy) is 1. The summed E-state index contributed by atoms with van der Waals surface area (Å²) in [5.74, 6) is -0.123. The number of fused-ring (bicyclic) bond motifs is 1. The van der Waals surface area contributed by atoms with Crippen LogP contribution in [0.4, 0.5) is 5.13 Å². The van der Waals surface area contributed by atoms with Gasteiger partial charge in [-0.1, -0.05) is 49.4 Å². The number of anilines is 1. The fourth-order valence-electron chi connectivity index (χ4n) is 2.68. The van der Waals surface area contributed by atoms with Gasteiger partial charge in [0.25, 0.3) is 5.91 Å². The lowest BCUT2D eigenvalue weighted by atomic mass is 10.0. The number of rotatable bonds is 7. The van der Waals surface area contributed by atoms with E-state index >= 15 is 0 Å². The van der Waals surface area contributed by atoms with Crippen molar-refractivity contribution < 1.29 is 14.3 Å². The van der Waals surface area contributed by atoms with E-state index in [1.807, 2.05) is 57.2 Å². The summed E-state index contributed by atoms with van der Waals surface area (Å²) >= 11 is 1.41. The first-order chi connectivity index (χ1) is 13.4. The van der Waals surface area contributed by atoms with Crippen molar-refractivity contribution in [2.75, 3.05) is 11.9 Å². The fraction of sp³-hybridized carbons (Fsp3) is 0.286. The van der Waals surface area contributed by atoms with E-state index < -0.39 is 6.04 Å². The smallest absolute Gasteiger partial charge is 0.258 e.